The third kappa shape index (κ3) is 3.67. The van der Waals surface area contributed by atoms with E-state index in [-0.39, 0.29) is 11.1 Å². The van der Waals surface area contributed by atoms with Crippen molar-refractivity contribution in [2.45, 2.75) is 0 Å². The number of carboxylic acid groups (broad SMARTS) is 1. The first-order valence-electron chi connectivity index (χ1n) is 8.30. The van der Waals surface area contributed by atoms with Gasteiger partial charge in [0, 0.05) is 15.4 Å². The molecule has 0 saturated carbocycles. The predicted molar refractivity (Wildman–Crippen MR) is 114 cm³/mol. The van der Waals surface area contributed by atoms with Gasteiger partial charge < -0.3 is 5.11 Å². The minimum absolute atomic E-state index is 0.0630. The maximum Gasteiger partial charge on any atom is 0.336 e. The van der Waals surface area contributed by atoms with Crippen molar-refractivity contribution in [2.24, 2.45) is 0 Å². The largest absolute Gasteiger partial charge is 0.478 e. The SMILES string of the molecule is O=C(O)c1ccc(Br)cc1C(=O)Nc1nc(-c2ccc3ccccc3c2)cs1. The van der Waals surface area contributed by atoms with Crippen molar-refractivity contribution >= 4 is 55.0 Å². The van der Waals surface area contributed by atoms with E-state index >= 15 is 0 Å². The Labute approximate surface area is 172 Å². The van der Waals surface area contributed by atoms with Gasteiger partial charge in [-0.05, 0) is 35.0 Å². The standard InChI is InChI=1S/C21H13BrN2O3S/c22-15-7-8-16(20(26)27)17(10-15)19(25)24-21-23-18(11-28-21)14-6-5-12-3-1-2-4-13(12)9-14/h1-11H,(H,26,27)(H,23,24,25). The average Bonchev–Trinajstić information content (AvgIpc) is 3.15. The molecule has 0 fully saturated rings. The molecular formula is C21H13BrN2O3S. The third-order valence-electron chi connectivity index (χ3n) is 4.23. The fourth-order valence-electron chi connectivity index (χ4n) is 2.87. The van der Waals surface area contributed by atoms with E-state index < -0.39 is 11.9 Å². The van der Waals surface area contributed by atoms with Crippen LogP contribution < -0.4 is 5.32 Å². The molecule has 4 aromatic rings. The number of anilines is 1. The number of fused-ring (bicyclic) bond motifs is 1. The Balaban J connectivity index is 1.60. The Morgan fingerprint density at radius 2 is 1.75 bits per heavy atom. The van der Waals surface area contributed by atoms with Crippen LogP contribution in [0.1, 0.15) is 20.7 Å². The molecule has 1 heterocycles. The summed E-state index contributed by atoms with van der Waals surface area (Å²) in [7, 11) is 0. The zero-order valence-corrected chi connectivity index (χ0v) is 16.8. The number of carboxylic acids is 1. The normalized spacial score (nSPS) is 10.8. The molecule has 3 aromatic carbocycles. The molecular weight excluding hydrogens is 440 g/mol. The summed E-state index contributed by atoms with van der Waals surface area (Å²) in [6, 6.07) is 18.6. The second-order valence-corrected chi connectivity index (χ2v) is 7.82. The molecule has 0 atom stereocenters. The first-order valence-corrected chi connectivity index (χ1v) is 9.97. The van der Waals surface area contributed by atoms with Gasteiger partial charge in [0.25, 0.3) is 5.91 Å². The molecule has 1 amide bonds. The summed E-state index contributed by atoms with van der Waals surface area (Å²) in [4.78, 5) is 28.4. The smallest absolute Gasteiger partial charge is 0.336 e. The second kappa shape index (κ2) is 7.53. The summed E-state index contributed by atoms with van der Waals surface area (Å²) in [6.45, 7) is 0. The minimum Gasteiger partial charge on any atom is -0.478 e. The van der Waals surface area contributed by atoms with E-state index in [1.165, 1.54) is 23.5 Å². The van der Waals surface area contributed by atoms with Gasteiger partial charge in [-0.2, -0.15) is 0 Å². The van der Waals surface area contributed by atoms with Gasteiger partial charge >= 0.3 is 5.97 Å². The highest BCUT2D eigenvalue weighted by molar-refractivity contribution is 9.10. The molecule has 0 aliphatic heterocycles. The number of aromatic nitrogens is 1. The Hall–Kier alpha value is -3.03. The van der Waals surface area contributed by atoms with Gasteiger partial charge in [0.05, 0.1) is 16.8 Å². The number of carbonyl (C=O) groups excluding carboxylic acids is 1. The van der Waals surface area contributed by atoms with E-state index in [0.29, 0.717) is 9.60 Å². The minimum atomic E-state index is -1.16. The van der Waals surface area contributed by atoms with E-state index in [1.807, 2.05) is 47.8 Å². The van der Waals surface area contributed by atoms with Crippen LogP contribution in [0.4, 0.5) is 5.13 Å². The molecule has 0 bridgehead atoms. The topological polar surface area (TPSA) is 79.3 Å². The van der Waals surface area contributed by atoms with Crippen molar-refractivity contribution in [3.8, 4) is 11.3 Å². The lowest BCUT2D eigenvalue weighted by Crippen LogP contribution is -2.16. The van der Waals surface area contributed by atoms with Crippen LogP contribution in [0, 0.1) is 0 Å². The first kappa shape index (κ1) is 18.3. The van der Waals surface area contributed by atoms with Crippen molar-refractivity contribution in [1.29, 1.82) is 0 Å². The molecule has 5 nitrogen and oxygen atoms in total. The number of nitrogens with one attached hydrogen (secondary N) is 1. The Morgan fingerprint density at radius 1 is 0.964 bits per heavy atom. The molecule has 0 aliphatic rings. The number of thiazole rings is 1. The van der Waals surface area contributed by atoms with Gasteiger partial charge in [0.2, 0.25) is 0 Å². The van der Waals surface area contributed by atoms with Crippen molar-refractivity contribution < 1.29 is 14.7 Å². The molecule has 0 aliphatic carbocycles. The molecule has 0 spiro atoms. The molecule has 2 N–H and O–H groups in total. The van der Waals surface area contributed by atoms with Crippen molar-refractivity contribution in [1.82, 2.24) is 4.98 Å². The maximum atomic E-state index is 12.6. The molecule has 0 unspecified atom stereocenters. The van der Waals surface area contributed by atoms with Gasteiger partial charge in [-0.25, -0.2) is 9.78 Å². The van der Waals surface area contributed by atoms with Gasteiger partial charge in [-0.15, -0.1) is 11.3 Å². The van der Waals surface area contributed by atoms with Crippen molar-refractivity contribution in [3.63, 3.8) is 0 Å². The quantitative estimate of drug-likeness (QED) is 0.417. The number of carbonyl (C=O) groups is 2. The number of hydrogen-bond donors (Lipinski definition) is 2. The van der Waals surface area contributed by atoms with Gasteiger partial charge in [0.1, 0.15) is 0 Å². The van der Waals surface area contributed by atoms with Gasteiger partial charge in [-0.3, -0.25) is 10.1 Å². The summed E-state index contributed by atoms with van der Waals surface area (Å²) in [6.07, 6.45) is 0. The lowest BCUT2D eigenvalue weighted by Gasteiger charge is -2.06. The van der Waals surface area contributed by atoms with Crippen LogP contribution >= 0.6 is 27.3 Å². The zero-order valence-electron chi connectivity index (χ0n) is 14.3. The molecule has 28 heavy (non-hydrogen) atoms. The Kier molecular flexibility index (Phi) is 4.93. The highest BCUT2D eigenvalue weighted by atomic mass is 79.9. The number of aromatic carboxylic acids is 1. The zero-order chi connectivity index (χ0) is 19.7. The molecule has 1 aromatic heterocycles. The van der Waals surface area contributed by atoms with Crippen molar-refractivity contribution in [2.75, 3.05) is 5.32 Å². The summed E-state index contributed by atoms with van der Waals surface area (Å²) in [5.74, 6) is -1.67. The monoisotopic (exact) mass is 452 g/mol. The molecule has 0 saturated heterocycles. The van der Waals surface area contributed by atoms with Crippen LogP contribution in [0.3, 0.4) is 0 Å². The lowest BCUT2D eigenvalue weighted by molar-refractivity contribution is 0.0692. The third-order valence-corrected chi connectivity index (χ3v) is 5.48. The first-order chi connectivity index (χ1) is 13.5. The van der Waals surface area contributed by atoms with Crippen LogP contribution in [0.5, 0.6) is 0 Å². The molecule has 138 valence electrons. The average molecular weight is 453 g/mol. The van der Waals surface area contributed by atoms with Crippen molar-refractivity contribution in [3.05, 3.63) is 81.6 Å². The van der Waals surface area contributed by atoms with Crippen LogP contribution in [0.2, 0.25) is 0 Å². The highest BCUT2D eigenvalue weighted by Crippen LogP contribution is 2.28. The van der Waals surface area contributed by atoms with Crippen LogP contribution in [0.25, 0.3) is 22.0 Å². The number of halogens is 1. The van der Waals surface area contributed by atoms with Crippen LogP contribution in [-0.4, -0.2) is 22.0 Å². The summed E-state index contributed by atoms with van der Waals surface area (Å²) in [5, 5.41) is 16.5. The highest BCUT2D eigenvalue weighted by Gasteiger charge is 2.18. The fraction of sp³-hybridized carbons (Fsp3) is 0. The van der Waals surface area contributed by atoms with E-state index in [1.54, 1.807) is 6.07 Å². The number of amides is 1. The fourth-order valence-corrected chi connectivity index (χ4v) is 3.94. The molecule has 4 rings (SSSR count). The lowest BCUT2D eigenvalue weighted by atomic mass is 10.1. The van der Waals surface area contributed by atoms with Gasteiger partial charge in [0.15, 0.2) is 5.13 Å². The summed E-state index contributed by atoms with van der Waals surface area (Å²) < 4.78 is 0.624. The Morgan fingerprint density at radius 3 is 2.54 bits per heavy atom. The Bertz CT molecular complexity index is 1220. The van der Waals surface area contributed by atoms with Crippen LogP contribution in [0.15, 0.2) is 70.5 Å². The summed E-state index contributed by atoms with van der Waals surface area (Å²) >= 11 is 4.56. The molecule has 0 radical (unpaired) electrons. The maximum absolute atomic E-state index is 12.6. The van der Waals surface area contributed by atoms with E-state index in [4.69, 9.17) is 0 Å². The number of hydrogen-bond acceptors (Lipinski definition) is 4. The number of benzene rings is 3. The van der Waals surface area contributed by atoms with E-state index in [0.717, 1.165) is 22.0 Å². The van der Waals surface area contributed by atoms with Gasteiger partial charge in [-0.1, -0.05) is 52.3 Å². The summed E-state index contributed by atoms with van der Waals surface area (Å²) in [5.41, 5.74) is 1.71. The number of rotatable bonds is 4. The predicted octanol–water partition coefficient (Wildman–Crippen LogP) is 5.68. The second-order valence-electron chi connectivity index (χ2n) is 6.05. The van der Waals surface area contributed by atoms with E-state index in [9.17, 15) is 14.7 Å². The number of nitrogens with zero attached hydrogens (tertiary/aromatic N) is 1. The van der Waals surface area contributed by atoms with Crippen LogP contribution in [-0.2, 0) is 0 Å². The molecule has 7 heteroatoms. The van der Waals surface area contributed by atoms with E-state index in [2.05, 4.69) is 26.2 Å².